The molecule has 24 heavy (non-hydrogen) atoms. The van der Waals surface area contributed by atoms with E-state index in [0.29, 0.717) is 15.7 Å². The smallest absolute Gasteiger partial charge is 0.258 e. The quantitative estimate of drug-likeness (QED) is 0.403. The van der Waals surface area contributed by atoms with E-state index in [-0.39, 0.29) is 5.69 Å². The van der Waals surface area contributed by atoms with Crippen LogP contribution in [0.15, 0.2) is 59.0 Å². The Morgan fingerprint density at radius 3 is 2.79 bits per heavy atom. The average Bonchev–Trinajstić information content (AvgIpc) is 3.04. The van der Waals surface area contributed by atoms with Gasteiger partial charge in [0, 0.05) is 22.0 Å². The molecule has 0 unspecified atom stereocenters. The first-order valence-corrected chi connectivity index (χ1v) is 8.13. The molecule has 0 aliphatic carbocycles. The number of nitrogens with zero attached hydrogens (tertiary/aromatic N) is 3. The highest BCUT2D eigenvalue weighted by molar-refractivity contribution is 7.14. The van der Waals surface area contributed by atoms with Gasteiger partial charge < -0.3 is 0 Å². The SMILES string of the molecule is O=[N+]([O-])c1ccc(Cl)cc1C=NNc1nc(-c2ccccc2)cs1. The van der Waals surface area contributed by atoms with Crippen LogP contribution in [0, 0.1) is 10.1 Å². The average molecular weight is 359 g/mol. The second-order valence-corrected chi connectivity index (χ2v) is 6.03. The first-order valence-electron chi connectivity index (χ1n) is 6.87. The fraction of sp³-hybridized carbons (Fsp3) is 0. The number of benzene rings is 2. The van der Waals surface area contributed by atoms with E-state index in [1.54, 1.807) is 0 Å². The van der Waals surface area contributed by atoms with Crippen molar-refractivity contribution in [1.82, 2.24) is 4.98 Å². The van der Waals surface area contributed by atoms with Gasteiger partial charge in [-0.1, -0.05) is 41.9 Å². The van der Waals surface area contributed by atoms with Crippen LogP contribution in [0.1, 0.15) is 5.56 Å². The number of thiazole rings is 1. The molecule has 0 saturated heterocycles. The Kier molecular flexibility index (Phi) is 4.83. The Morgan fingerprint density at radius 1 is 1.25 bits per heavy atom. The van der Waals surface area contributed by atoms with Crippen molar-refractivity contribution < 1.29 is 4.92 Å². The van der Waals surface area contributed by atoms with Crippen LogP contribution in [-0.4, -0.2) is 16.1 Å². The van der Waals surface area contributed by atoms with Crippen molar-refractivity contribution in [2.24, 2.45) is 5.10 Å². The van der Waals surface area contributed by atoms with Crippen LogP contribution >= 0.6 is 22.9 Å². The summed E-state index contributed by atoms with van der Waals surface area (Å²) in [5, 5.41) is 17.9. The van der Waals surface area contributed by atoms with Gasteiger partial charge in [-0.2, -0.15) is 5.10 Å². The molecular weight excluding hydrogens is 348 g/mol. The van der Waals surface area contributed by atoms with Gasteiger partial charge in [0.05, 0.1) is 22.4 Å². The van der Waals surface area contributed by atoms with Crippen LogP contribution in [0.2, 0.25) is 5.02 Å². The highest BCUT2D eigenvalue weighted by Crippen LogP contribution is 2.25. The van der Waals surface area contributed by atoms with Gasteiger partial charge in [0.1, 0.15) is 0 Å². The molecule has 0 saturated carbocycles. The second kappa shape index (κ2) is 7.20. The first kappa shape index (κ1) is 16.1. The van der Waals surface area contributed by atoms with Crippen LogP contribution in [0.25, 0.3) is 11.3 Å². The predicted octanol–water partition coefficient (Wildman–Crippen LogP) is 4.82. The molecular formula is C16H11ClN4O2S. The third-order valence-corrected chi connectivity index (χ3v) is 4.11. The van der Waals surface area contributed by atoms with Crippen molar-refractivity contribution in [3.8, 4) is 11.3 Å². The van der Waals surface area contributed by atoms with Gasteiger partial charge >= 0.3 is 0 Å². The van der Waals surface area contributed by atoms with E-state index in [1.165, 1.54) is 35.8 Å². The summed E-state index contributed by atoms with van der Waals surface area (Å²) in [6.07, 6.45) is 1.35. The van der Waals surface area contributed by atoms with Crippen molar-refractivity contribution in [3.05, 3.63) is 74.6 Å². The van der Waals surface area contributed by atoms with Crippen molar-refractivity contribution in [2.75, 3.05) is 5.43 Å². The van der Waals surface area contributed by atoms with E-state index in [4.69, 9.17) is 11.6 Å². The van der Waals surface area contributed by atoms with Crippen LogP contribution in [0.5, 0.6) is 0 Å². The topological polar surface area (TPSA) is 80.4 Å². The molecule has 2 aromatic carbocycles. The summed E-state index contributed by atoms with van der Waals surface area (Å²) >= 11 is 7.27. The number of nitrogens with one attached hydrogen (secondary N) is 1. The van der Waals surface area contributed by atoms with E-state index in [0.717, 1.165) is 11.3 Å². The van der Waals surface area contributed by atoms with Crippen molar-refractivity contribution in [2.45, 2.75) is 0 Å². The molecule has 0 atom stereocenters. The van der Waals surface area contributed by atoms with Gasteiger partial charge in [0.2, 0.25) is 5.13 Å². The van der Waals surface area contributed by atoms with Gasteiger partial charge in [-0.3, -0.25) is 15.5 Å². The zero-order valence-corrected chi connectivity index (χ0v) is 13.8. The van der Waals surface area contributed by atoms with Crippen LogP contribution in [0.4, 0.5) is 10.8 Å². The van der Waals surface area contributed by atoms with E-state index in [1.807, 2.05) is 35.7 Å². The molecule has 120 valence electrons. The lowest BCUT2D eigenvalue weighted by molar-refractivity contribution is -0.385. The number of rotatable bonds is 5. The lowest BCUT2D eigenvalue weighted by Crippen LogP contribution is -1.96. The molecule has 0 bridgehead atoms. The van der Waals surface area contributed by atoms with E-state index >= 15 is 0 Å². The molecule has 6 nitrogen and oxygen atoms in total. The molecule has 0 aliphatic rings. The third kappa shape index (κ3) is 3.76. The van der Waals surface area contributed by atoms with Crippen LogP contribution in [0.3, 0.4) is 0 Å². The molecule has 1 N–H and O–H groups in total. The molecule has 1 aromatic heterocycles. The van der Waals surface area contributed by atoms with Gasteiger partial charge in [-0.05, 0) is 12.1 Å². The van der Waals surface area contributed by atoms with E-state index in [9.17, 15) is 10.1 Å². The first-order chi connectivity index (χ1) is 11.6. The molecule has 0 radical (unpaired) electrons. The molecule has 3 aromatic rings. The zero-order valence-electron chi connectivity index (χ0n) is 12.2. The number of hydrazone groups is 1. The Bertz CT molecular complexity index is 896. The number of nitro groups is 1. The standard InChI is InChI=1S/C16H11ClN4O2S/c17-13-6-7-15(21(22)23)12(8-13)9-18-20-16-19-14(10-24-16)11-4-2-1-3-5-11/h1-10H,(H,19,20). The van der Waals surface area contributed by atoms with Crippen molar-refractivity contribution in [3.63, 3.8) is 0 Å². The monoisotopic (exact) mass is 358 g/mol. The fourth-order valence-corrected chi connectivity index (χ4v) is 2.87. The van der Waals surface area contributed by atoms with Crippen LogP contribution in [-0.2, 0) is 0 Å². The number of hydrogen-bond acceptors (Lipinski definition) is 6. The molecule has 0 aliphatic heterocycles. The minimum absolute atomic E-state index is 0.0611. The summed E-state index contributed by atoms with van der Waals surface area (Å²) in [6.45, 7) is 0. The third-order valence-electron chi connectivity index (χ3n) is 3.12. The number of halogens is 1. The van der Waals surface area contributed by atoms with Gasteiger partial charge in [-0.25, -0.2) is 4.98 Å². The number of aromatic nitrogens is 1. The van der Waals surface area contributed by atoms with Gasteiger partial charge in [-0.15, -0.1) is 11.3 Å². The predicted molar refractivity (Wildman–Crippen MR) is 96.9 cm³/mol. The molecule has 0 spiro atoms. The number of nitro benzene ring substituents is 1. The molecule has 1 heterocycles. The van der Waals surface area contributed by atoms with Crippen molar-refractivity contribution in [1.29, 1.82) is 0 Å². The zero-order chi connectivity index (χ0) is 16.9. The van der Waals surface area contributed by atoms with Crippen molar-refractivity contribution >= 4 is 40.0 Å². The second-order valence-electron chi connectivity index (χ2n) is 4.73. The highest BCUT2D eigenvalue weighted by atomic mass is 35.5. The maximum atomic E-state index is 11.0. The minimum Gasteiger partial charge on any atom is -0.258 e. The molecule has 3 rings (SSSR count). The summed E-state index contributed by atoms with van der Waals surface area (Å²) in [5.74, 6) is 0. The molecule has 0 amide bonds. The minimum atomic E-state index is -0.478. The van der Waals surface area contributed by atoms with Gasteiger partial charge in [0.25, 0.3) is 5.69 Å². The Morgan fingerprint density at radius 2 is 2.04 bits per heavy atom. The number of hydrogen-bond donors (Lipinski definition) is 1. The Hall–Kier alpha value is -2.77. The maximum Gasteiger partial charge on any atom is 0.278 e. The van der Waals surface area contributed by atoms with Crippen LogP contribution < -0.4 is 5.43 Å². The Balaban J connectivity index is 1.75. The van der Waals surface area contributed by atoms with E-state index < -0.39 is 4.92 Å². The maximum absolute atomic E-state index is 11.0. The Labute approximate surface area is 146 Å². The largest absolute Gasteiger partial charge is 0.278 e. The van der Waals surface area contributed by atoms with E-state index in [2.05, 4.69) is 15.5 Å². The lowest BCUT2D eigenvalue weighted by Gasteiger charge is -1.98. The summed E-state index contributed by atoms with van der Waals surface area (Å²) in [6, 6.07) is 14.1. The normalized spacial score (nSPS) is 10.9. The summed E-state index contributed by atoms with van der Waals surface area (Å²) < 4.78 is 0. The van der Waals surface area contributed by atoms with Gasteiger partial charge in [0.15, 0.2) is 0 Å². The molecule has 8 heteroatoms. The summed E-state index contributed by atoms with van der Waals surface area (Å²) in [5.41, 5.74) is 4.89. The summed E-state index contributed by atoms with van der Waals surface area (Å²) in [4.78, 5) is 14.9. The fourth-order valence-electron chi connectivity index (χ4n) is 2.02. The lowest BCUT2D eigenvalue weighted by atomic mass is 10.2. The molecule has 0 fully saturated rings. The number of anilines is 1. The highest BCUT2D eigenvalue weighted by Gasteiger charge is 2.12. The summed E-state index contributed by atoms with van der Waals surface area (Å²) in [7, 11) is 0.